The van der Waals surface area contributed by atoms with Crippen LogP contribution in [0.25, 0.3) is 10.8 Å². The number of halogens is 2. The molecule has 0 saturated heterocycles. The van der Waals surface area contributed by atoms with Crippen LogP contribution in [0.15, 0.2) is 36.4 Å². The van der Waals surface area contributed by atoms with Gasteiger partial charge in [-0.25, -0.2) is 13.6 Å². The lowest BCUT2D eigenvalue weighted by atomic mass is 9.87. The Hall–Kier alpha value is -2.74. The number of benzene rings is 2. The lowest BCUT2D eigenvalue weighted by Crippen LogP contribution is -2.51. The van der Waals surface area contributed by atoms with Gasteiger partial charge in [-0.2, -0.15) is 0 Å². The van der Waals surface area contributed by atoms with Gasteiger partial charge in [0.05, 0.1) is 31.0 Å². The lowest BCUT2D eigenvalue weighted by Gasteiger charge is -2.30. The van der Waals surface area contributed by atoms with Gasteiger partial charge in [0, 0.05) is 18.2 Å². The maximum atomic E-state index is 13.6. The predicted molar refractivity (Wildman–Crippen MR) is 130 cm³/mol. The van der Waals surface area contributed by atoms with E-state index in [0.29, 0.717) is 18.6 Å². The summed E-state index contributed by atoms with van der Waals surface area (Å²) < 4.78 is 44.1. The normalized spacial score (nSPS) is 18.0. The SMILES string of the molecule is COC(=O)[C@@H](NC(=O)c1ccc2ccccc2c1OCC1CCC(F)(F)CC1)[C@@H](C)OC(C)(C)C. The number of amides is 1. The number of esters is 1. The Kier molecular flexibility index (Phi) is 8.36. The molecule has 1 aliphatic carbocycles. The molecule has 8 heteroatoms. The van der Waals surface area contributed by atoms with Crippen molar-refractivity contribution in [2.45, 2.75) is 77.0 Å². The first-order valence-electron chi connectivity index (χ1n) is 12.0. The van der Waals surface area contributed by atoms with Crippen molar-refractivity contribution in [3.05, 3.63) is 42.0 Å². The smallest absolute Gasteiger partial charge is 0.331 e. The van der Waals surface area contributed by atoms with Crippen LogP contribution in [0.4, 0.5) is 8.78 Å². The molecule has 1 amide bonds. The summed E-state index contributed by atoms with van der Waals surface area (Å²) in [4.78, 5) is 25.9. The third kappa shape index (κ3) is 7.13. The Morgan fingerprint density at radius 1 is 1.11 bits per heavy atom. The van der Waals surface area contributed by atoms with Gasteiger partial charge in [0.25, 0.3) is 5.91 Å². The molecule has 192 valence electrons. The molecule has 2 atom stereocenters. The predicted octanol–water partition coefficient (Wildman–Crippen LogP) is 5.52. The molecule has 0 heterocycles. The summed E-state index contributed by atoms with van der Waals surface area (Å²) in [7, 11) is 1.25. The Bertz CT molecular complexity index is 1040. The minimum Gasteiger partial charge on any atom is -0.492 e. The van der Waals surface area contributed by atoms with Gasteiger partial charge in [-0.3, -0.25) is 4.79 Å². The van der Waals surface area contributed by atoms with Crippen molar-refractivity contribution in [2.24, 2.45) is 5.92 Å². The van der Waals surface area contributed by atoms with Crippen molar-refractivity contribution in [3.63, 3.8) is 0 Å². The van der Waals surface area contributed by atoms with E-state index in [1.807, 2.05) is 45.0 Å². The second-order valence-corrected chi connectivity index (χ2v) is 10.2. The van der Waals surface area contributed by atoms with E-state index in [9.17, 15) is 18.4 Å². The molecule has 0 bridgehead atoms. The van der Waals surface area contributed by atoms with Gasteiger partial charge in [0.1, 0.15) is 5.75 Å². The molecule has 1 fully saturated rings. The number of nitrogens with one attached hydrogen (secondary N) is 1. The van der Waals surface area contributed by atoms with E-state index in [-0.39, 0.29) is 30.9 Å². The molecule has 0 unspecified atom stereocenters. The van der Waals surface area contributed by atoms with E-state index >= 15 is 0 Å². The Morgan fingerprint density at radius 3 is 2.40 bits per heavy atom. The molecular formula is C27H35F2NO5. The zero-order valence-corrected chi connectivity index (χ0v) is 21.0. The average Bonchev–Trinajstić information content (AvgIpc) is 2.79. The second kappa shape index (κ2) is 10.9. The number of methoxy groups -OCH3 is 1. The Morgan fingerprint density at radius 2 is 1.77 bits per heavy atom. The summed E-state index contributed by atoms with van der Waals surface area (Å²) in [6.45, 7) is 7.50. The van der Waals surface area contributed by atoms with Gasteiger partial charge >= 0.3 is 5.97 Å². The summed E-state index contributed by atoms with van der Waals surface area (Å²) in [6, 6.07) is 9.89. The van der Waals surface area contributed by atoms with Crippen LogP contribution >= 0.6 is 0 Å². The summed E-state index contributed by atoms with van der Waals surface area (Å²) in [6.07, 6.45) is -0.233. The van der Waals surface area contributed by atoms with Crippen molar-refractivity contribution >= 4 is 22.6 Å². The van der Waals surface area contributed by atoms with Gasteiger partial charge < -0.3 is 19.5 Å². The molecule has 1 N–H and O–H groups in total. The van der Waals surface area contributed by atoms with Crippen molar-refractivity contribution in [3.8, 4) is 5.75 Å². The minimum atomic E-state index is -2.62. The highest BCUT2D eigenvalue weighted by Gasteiger charge is 2.36. The van der Waals surface area contributed by atoms with Crippen LogP contribution in [0.5, 0.6) is 5.75 Å². The third-order valence-electron chi connectivity index (χ3n) is 6.17. The number of hydrogen-bond acceptors (Lipinski definition) is 5. The largest absolute Gasteiger partial charge is 0.492 e. The fraction of sp³-hybridized carbons (Fsp3) is 0.556. The first-order valence-corrected chi connectivity index (χ1v) is 12.0. The molecule has 0 aliphatic heterocycles. The molecule has 0 radical (unpaired) electrons. The van der Waals surface area contributed by atoms with E-state index < -0.39 is 35.5 Å². The molecule has 2 aromatic carbocycles. The van der Waals surface area contributed by atoms with Crippen LogP contribution in [0.2, 0.25) is 0 Å². The van der Waals surface area contributed by atoms with Gasteiger partial charge in [-0.05, 0) is 57.9 Å². The summed E-state index contributed by atoms with van der Waals surface area (Å²) in [5.41, 5.74) is -0.286. The highest BCUT2D eigenvalue weighted by Crippen LogP contribution is 2.37. The monoisotopic (exact) mass is 491 g/mol. The van der Waals surface area contributed by atoms with Crippen LogP contribution in [-0.4, -0.2) is 49.3 Å². The minimum absolute atomic E-state index is 0.0208. The second-order valence-electron chi connectivity index (χ2n) is 10.2. The highest BCUT2D eigenvalue weighted by atomic mass is 19.3. The summed E-state index contributed by atoms with van der Waals surface area (Å²) in [5, 5.41) is 4.35. The van der Waals surface area contributed by atoms with E-state index in [2.05, 4.69) is 5.32 Å². The average molecular weight is 492 g/mol. The Labute approximate surface area is 205 Å². The number of ether oxygens (including phenoxy) is 3. The molecule has 6 nitrogen and oxygen atoms in total. The zero-order valence-electron chi connectivity index (χ0n) is 21.0. The van der Waals surface area contributed by atoms with Crippen LogP contribution in [0.1, 0.15) is 63.7 Å². The van der Waals surface area contributed by atoms with E-state index in [1.54, 1.807) is 19.1 Å². The number of carbonyl (C=O) groups is 2. The van der Waals surface area contributed by atoms with Crippen molar-refractivity contribution in [1.82, 2.24) is 5.32 Å². The maximum Gasteiger partial charge on any atom is 0.331 e. The Balaban J connectivity index is 1.86. The molecular weight excluding hydrogens is 456 g/mol. The van der Waals surface area contributed by atoms with Gasteiger partial charge in [-0.1, -0.05) is 30.3 Å². The van der Waals surface area contributed by atoms with E-state index in [0.717, 1.165) is 10.8 Å². The number of hydrogen-bond donors (Lipinski definition) is 1. The van der Waals surface area contributed by atoms with Gasteiger partial charge in [0.2, 0.25) is 5.92 Å². The first kappa shape index (κ1) is 26.9. The van der Waals surface area contributed by atoms with Crippen molar-refractivity contribution in [1.29, 1.82) is 0 Å². The number of carbonyl (C=O) groups excluding carboxylic acids is 2. The van der Waals surface area contributed by atoms with Crippen molar-refractivity contribution < 1.29 is 32.6 Å². The molecule has 1 aliphatic rings. The zero-order chi connectivity index (χ0) is 25.8. The number of fused-ring (bicyclic) bond motifs is 1. The molecule has 1 saturated carbocycles. The van der Waals surface area contributed by atoms with Crippen molar-refractivity contribution in [2.75, 3.05) is 13.7 Å². The summed E-state index contributed by atoms with van der Waals surface area (Å²) in [5.74, 6) is -3.41. The molecule has 0 spiro atoms. The highest BCUT2D eigenvalue weighted by molar-refractivity contribution is 6.05. The van der Waals surface area contributed by atoms with E-state index in [1.165, 1.54) is 7.11 Å². The molecule has 0 aromatic heterocycles. The summed E-state index contributed by atoms with van der Waals surface area (Å²) >= 11 is 0. The van der Waals surface area contributed by atoms with Gasteiger partial charge in [0.15, 0.2) is 6.04 Å². The first-order chi connectivity index (χ1) is 16.4. The standard InChI is InChI=1S/C27H35F2NO5/c1-17(35-26(2,3)4)22(25(32)33-5)30-24(31)21-11-10-19-8-6-7-9-20(19)23(21)34-16-18-12-14-27(28,29)15-13-18/h6-11,17-18,22H,12-16H2,1-5H3,(H,30,31)/t17-,22+/m1/s1. The van der Waals surface area contributed by atoms with E-state index in [4.69, 9.17) is 14.2 Å². The molecule has 2 aromatic rings. The van der Waals surface area contributed by atoms with Gasteiger partial charge in [-0.15, -0.1) is 0 Å². The fourth-order valence-corrected chi connectivity index (χ4v) is 4.38. The van der Waals surface area contributed by atoms with Crippen LogP contribution in [0.3, 0.4) is 0 Å². The maximum absolute atomic E-state index is 13.6. The van der Waals surface area contributed by atoms with Crippen LogP contribution in [-0.2, 0) is 14.3 Å². The third-order valence-corrected chi connectivity index (χ3v) is 6.17. The molecule has 3 rings (SSSR count). The number of alkyl halides is 2. The fourth-order valence-electron chi connectivity index (χ4n) is 4.38. The van der Waals surface area contributed by atoms with Crippen LogP contribution in [0, 0.1) is 5.92 Å². The molecule has 35 heavy (non-hydrogen) atoms. The quantitative estimate of drug-likeness (QED) is 0.493. The number of rotatable bonds is 8. The lowest BCUT2D eigenvalue weighted by molar-refractivity contribution is -0.150. The topological polar surface area (TPSA) is 73.9 Å². The van der Waals surface area contributed by atoms with Crippen LogP contribution < -0.4 is 10.1 Å².